The number of amides is 2. The number of hydrogen-bond acceptors (Lipinski definition) is 3. The molecule has 6 nitrogen and oxygen atoms in total. The normalized spacial score (nSPS) is 14.4. The van der Waals surface area contributed by atoms with E-state index in [0.29, 0.717) is 0 Å². The fourth-order valence-electron chi connectivity index (χ4n) is 2.18. The summed E-state index contributed by atoms with van der Waals surface area (Å²) in [4.78, 5) is 23.2. The Hall–Kier alpha value is -1.98. The summed E-state index contributed by atoms with van der Waals surface area (Å²) in [6.07, 6.45) is 0. The highest BCUT2D eigenvalue weighted by atomic mass is 16.4. The minimum absolute atomic E-state index is 0.267. The number of carbonyl (C=O) groups excluding carboxylic acids is 1. The zero-order chi connectivity index (χ0) is 16.4. The lowest BCUT2D eigenvalue weighted by atomic mass is 9.87. The molecule has 118 valence electrons. The molecule has 0 saturated carbocycles. The summed E-state index contributed by atoms with van der Waals surface area (Å²) >= 11 is 0. The Morgan fingerprint density at radius 3 is 2.19 bits per heavy atom. The maximum Gasteiger partial charge on any atom is 0.326 e. The molecule has 2 amide bonds. The van der Waals surface area contributed by atoms with Gasteiger partial charge >= 0.3 is 12.0 Å². The van der Waals surface area contributed by atoms with Crippen LogP contribution >= 0.6 is 0 Å². The average Bonchev–Trinajstić information content (AvgIpc) is 2.63. The van der Waals surface area contributed by atoms with E-state index in [0.717, 1.165) is 17.1 Å². The van der Waals surface area contributed by atoms with Gasteiger partial charge in [0.1, 0.15) is 17.6 Å². The second kappa shape index (κ2) is 6.20. The van der Waals surface area contributed by atoms with Crippen LogP contribution in [0.1, 0.15) is 50.8 Å². The molecule has 0 aliphatic rings. The van der Waals surface area contributed by atoms with Crippen molar-refractivity contribution in [1.29, 1.82) is 0 Å². The van der Waals surface area contributed by atoms with Crippen molar-refractivity contribution in [3.8, 4) is 0 Å². The SMILES string of the molecule is Cc1cc(C(C)NC(=O)N[C@@H](C(=O)O)C(C)(C)C)c(C)o1. The van der Waals surface area contributed by atoms with Crippen LogP contribution in [-0.4, -0.2) is 23.1 Å². The predicted octanol–water partition coefficient (Wildman–Crippen LogP) is 2.76. The van der Waals surface area contributed by atoms with Gasteiger partial charge in [-0.3, -0.25) is 0 Å². The van der Waals surface area contributed by atoms with Gasteiger partial charge in [0.25, 0.3) is 0 Å². The van der Waals surface area contributed by atoms with Crippen LogP contribution in [0.5, 0.6) is 0 Å². The number of nitrogens with one attached hydrogen (secondary N) is 2. The first-order valence-electron chi connectivity index (χ1n) is 6.89. The third-order valence-corrected chi connectivity index (χ3v) is 3.28. The van der Waals surface area contributed by atoms with E-state index in [9.17, 15) is 14.7 Å². The summed E-state index contributed by atoms with van der Waals surface area (Å²) in [6, 6.07) is 0.121. The minimum atomic E-state index is -1.05. The number of urea groups is 1. The van der Waals surface area contributed by atoms with Crippen LogP contribution in [0.3, 0.4) is 0 Å². The van der Waals surface area contributed by atoms with Crippen molar-refractivity contribution in [2.45, 2.75) is 53.6 Å². The first-order valence-corrected chi connectivity index (χ1v) is 6.89. The molecule has 1 rings (SSSR count). The molecule has 0 aliphatic carbocycles. The van der Waals surface area contributed by atoms with Gasteiger partial charge in [0, 0.05) is 5.56 Å². The van der Waals surface area contributed by atoms with E-state index in [1.165, 1.54) is 0 Å². The molecule has 3 N–H and O–H groups in total. The topological polar surface area (TPSA) is 91.6 Å². The maximum absolute atomic E-state index is 12.0. The molecule has 1 heterocycles. The average molecular weight is 296 g/mol. The van der Waals surface area contributed by atoms with Crippen molar-refractivity contribution in [3.63, 3.8) is 0 Å². The Kier molecular flexibility index (Phi) is 5.04. The van der Waals surface area contributed by atoms with Gasteiger partial charge in [-0.15, -0.1) is 0 Å². The summed E-state index contributed by atoms with van der Waals surface area (Å²) in [5, 5.41) is 14.4. The monoisotopic (exact) mass is 296 g/mol. The van der Waals surface area contributed by atoms with Gasteiger partial charge in [-0.25, -0.2) is 9.59 Å². The first kappa shape index (κ1) is 17.1. The molecule has 0 radical (unpaired) electrons. The molecule has 21 heavy (non-hydrogen) atoms. The highest BCUT2D eigenvalue weighted by molar-refractivity contribution is 5.83. The fourth-order valence-corrected chi connectivity index (χ4v) is 2.18. The zero-order valence-electron chi connectivity index (χ0n) is 13.4. The Morgan fingerprint density at radius 2 is 1.81 bits per heavy atom. The summed E-state index contributed by atoms with van der Waals surface area (Å²) < 4.78 is 5.42. The number of hydrogen-bond donors (Lipinski definition) is 3. The van der Waals surface area contributed by atoms with E-state index >= 15 is 0 Å². The van der Waals surface area contributed by atoms with E-state index in [1.54, 1.807) is 20.8 Å². The lowest BCUT2D eigenvalue weighted by molar-refractivity contribution is -0.141. The fraction of sp³-hybridized carbons (Fsp3) is 0.600. The second-order valence-electron chi connectivity index (χ2n) is 6.35. The van der Waals surface area contributed by atoms with E-state index in [2.05, 4.69) is 10.6 Å². The Labute approximate surface area is 124 Å². The number of carboxylic acid groups (broad SMARTS) is 1. The lowest BCUT2D eigenvalue weighted by Crippen LogP contribution is -2.52. The first-order chi connectivity index (χ1) is 9.52. The number of aliphatic carboxylic acids is 1. The maximum atomic E-state index is 12.0. The molecule has 0 spiro atoms. The van der Waals surface area contributed by atoms with Crippen LogP contribution in [0.15, 0.2) is 10.5 Å². The van der Waals surface area contributed by atoms with Gasteiger partial charge in [-0.05, 0) is 32.3 Å². The van der Waals surface area contributed by atoms with Crippen LogP contribution in [0, 0.1) is 19.3 Å². The quantitative estimate of drug-likeness (QED) is 0.796. The Morgan fingerprint density at radius 1 is 1.24 bits per heavy atom. The highest BCUT2D eigenvalue weighted by Crippen LogP contribution is 2.22. The van der Waals surface area contributed by atoms with E-state index in [4.69, 9.17) is 4.42 Å². The van der Waals surface area contributed by atoms with Crippen molar-refractivity contribution in [2.24, 2.45) is 5.41 Å². The molecule has 1 unspecified atom stereocenters. The van der Waals surface area contributed by atoms with Gasteiger partial charge in [0.15, 0.2) is 0 Å². The smallest absolute Gasteiger partial charge is 0.326 e. The highest BCUT2D eigenvalue weighted by Gasteiger charge is 2.32. The molecule has 2 atom stereocenters. The molecule has 0 saturated heterocycles. The van der Waals surface area contributed by atoms with Crippen molar-refractivity contribution in [3.05, 3.63) is 23.2 Å². The number of rotatable bonds is 4. The number of carbonyl (C=O) groups is 2. The van der Waals surface area contributed by atoms with E-state index in [1.807, 2.05) is 26.8 Å². The van der Waals surface area contributed by atoms with Crippen molar-refractivity contribution in [1.82, 2.24) is 10.6 Å². The van der Waals surface area contributed by atoms with Crippen LogP contribution in [0.2, 0.25) is 0 Å². The van der Waals surface area contributed by atoms with Crippen molar-refractivity contribution >= 4 is 12.0 Å². The molecule has 0 aromatic carbocycles. The van der Waals surface area contributed by atoms with E-state index in [-0.39, 0.29) is 6.04 Å². The largest absolute Gasteiger partial charge is 0.480 e. The van der Waals surface area contributed by atoms with Gasteiger partial charge in [0.2, 0.25) is 0 Å². The molecule has 0 bridgehead atoms. The van der Waals surface area contributed by atoms with Crippen molar-refractivity contribution in [2.75, 3.05) is 0 Å². The Balaban J connectivity index is 2.73. The number of aryl methyl sites for hydroxylation is 2. The van der Waals surface area contributed by atoms with Crippen LogP contribution in [0.4, 0.5) is 4.79 Å². The molecule has 6 heteroatoms. The molecule has 1 aromatic rings. The van der Waals surface area contributed by atoms with Gasteiger partial charge in [0.05, 0.1) is 6.04 Å². The van der Waals surface area contributed by atoms with E-state index < -0.39 is 23.5 Å². The van der Waals surface area contributed by atoms with Crippen molar-refractivity contribution < 1.29 is 19.1 Å². The Bertz CT molecular complexity index is 528. The van der Waals surface area contributed by atoms with Crippen LogP contribution in [0.25, 0.3) is 0 Å². The summed E-state index contributed by atoms with van der Waals surface area (Å²) in [5.41, 5.74) is 0.305. The van der Waals surface area contributed by atoms with Gasteiger partial charge in [-0.2, -0.15) is 0 Å². The third kappa shape index (κ3) is 4.51. The summed E-state index contributed by atoms with van der Waals surface area (Å²) in [6.45, 7) is 10.8. The van der Waals surface area contributed by atoms with Crippen LogP contribution in [-0.2, 0) is 4.79 Å². The third-order valence-electron chi connectivity index (χ3n) is 3.28. The second-order valence-corrected chi connectivity index (χ2v) is 6.35. The zero-order valence-corrected chi connectivity index (χ0v) is 13.4. The standard InChI is InChI=1S/C15H24N2O4/c1-8-7-11(10(3)21-8)9(2)16-14(20)17-12(13(18)19)15(4,5)6/h7,9,12H,1-6H3,(H,18,19)(H2,16,17,20)/t9?,12-/m0/s1. The molecule has 0 aliphatic heterocycles. The number of carboxylic acids is 1. The van der Waals surface area contributed by atoms with Gasteiger partial charge < -0.3 is 20.2 Å². The summed E-state index contributed by atoms with van der Waals surface area (Å²) in [7, 11) is 0. The molecular formula is C15H24N2O4. The predicted molar refractivity (Wildman–Crippen MR) is 79.1 cm³/mol. The molecule has 1 aromatic heterocycles. The van der Waals surface area contributed by atoms with Crippen LogP contribution < -0.4 is 10.6 Å². The van der Waals surface area contributed by atoms with Gasteiger partial charge in [-0.1, -0.05) is 20.8 Å². The lowest BCUT2D eigenvalue weighted by Gasteiger charge is -2.28. The molecule has 0 fully saturated rings. The summed E-state index contributed by atoms with van der Waals surface area (Å²) in [5.74, 6) is 0.459. The number of furan rings is 1. The minimum Gasteiger partial charge on any atom is -0.480 e. The molecular weight excluding hydrogens is 272 g/mol.